The molecular formula is C33H46O13. The van der Waals surface area contributed by atoms with E-state index >= 15 is 0 Å². The molecule has 2 saturated carbocycles. The summed E-state index contributed by atoms with van der Waals surface area (Å²) in [5.74, 6) is -4.88. The molecule has 46 heavy (non-hydrogen) atoms. The number of aliphatic hydroxyl groups is 2. The van der Waals surface area contributed by atoms with E-state index in [0.717, 1.165) is 6.92 Å². The molecule has 4 aliphatic rings. The fourth-order valence-electron chi connectivity index (χ4n) is 8.54. The van der Waals surface area contributed by atoms with Gasteiger partial charge in [-0.1, -0.05) is 13.0 Å². The predicted octanol–water partition coefficient (Wildman–Crippen LogP) is 2.24. The number of ether oxygens (including phenoxy) is 6. The Hall–Kier alpha value is -3.29. The molecule has 6 unspecified atom stereocenters. The summed E-state index contributed by atoms with van der Waals surface area (Å²) in [5.41, 5.74) is -5.99. The normalized spacial score (nSPS) is 38.6. The number of hydrogen-bond donors (Lipinski definition) is 2. The summed E-state index contributed by atoms with van der Waals surface area (Å²) in [6.07, 6.45) is -6.28. The Kier molecular flexibility index (Phi) is 9.32. The average molecular weight is 651 g/mol. The van der Waals surface area contributed by atoms with Crippen molar-refractivity contribution in [3.8, 4) is 0 Å². The molecule has 0 bridgehead atoms. The Morgan fingerprint density at radius 2 is 1.48 bits per heavy atom. The molecular weight excluding hydrogens is 604 g/mol. The Bertz CT molecular complexity index is 1370. The standard InChI is InChI=1S/C33H46O13/c1-11-15(2)29(39)45-25-24-16(3)21(38)13-32(24,30(8,9)40)28(44-19(6)36)26-31(10,27(25)43-18(5)35)22(42-17(4)34)12-23-33(26,14-41-23)46-20(7)37/h11,21-23,25-28,38,40H,12-14H2,1-10H3/b15-11+/t21?,22?,23?,25?,26-,27?,28?,31+,32+,33-/m0/s1. The molecule has 1 saturated heterocycles. The van der Waals surface area contributed by atoms with Crippen molar-refractivity contribution in [1.82, 2.24) is 0 Å². The van der Waals surface area contributed by atoms with Gasteiger partial charge in [0.2, 0.25) is 0 Å². The molecule has 1 heterocycles. The smallest absolute Gasteiger partial charge is 0.334 e. The Morgan fingerprint density at radius 3 is 1.93 bits per heavy atom. The molecule has 0 amide bonds. The van der Waals surface area contributed by atoms with Gasteiger partial charge in [-0.05, 0) is 52.2 Å². The zero-order valence-corrected chi connectivity index (χ0v) is 28.1. The molecule has 0 aromatic heterocycles. The highest BCUT2D eigenvalue weighted by atomic mass is 16.6. The van der Waals surface area contributed by atoms with Crippen molar-refractivity contribution < 1.29 is 62.6 Å². The first-order chi connectivity index (χ1) is 21.2. The second kappa shape index (κ2) is 12.1. The van der Waals surface area contributed by atoms with E-state index in [1.807, 2.05) is 0 Å². The summed E-state index contributed by atoms with van der Waals surface area (Å²) >= 11 is 0. The van der Waals surface area contributed by atoms with E-state index in [4.69, 9.17) is 28.4 Å². The number of fused-ring (bicyclic) bond motifs is 4. The third-order valence-corrected chi connectivity index (χ3v) is 10.6. The van der Waals surface area contributed by atoms with Gasteiger partial charge in [-0.2, -0.15) is 0 Å². The maximum Gasteiger partial charge on any atom is 0.334 e. The van der Waals surface area contributed by atoms with Crippen LogP contribution in [0.4, 0.5) is 0 Å². The highest BCUT2D eigenvalue weighted by Gasteiger charge is 2.80. The zero-order valence-electron chi connectivity index (χ0n) is 28.1. The van der Waals surface area contributed by atoms with Crippen LogP contribution in [0.25, 0.3) is 0 Å². The quantitative estimate of drug-likeness (QED) is 0.177. The minimum Gasteiger partial charge on any atom is -0.462 e. The van der Waals surface area contributed by atoms with Gasteiger partial charge >= 0.3 is 29.8 Å². The third kappa shape index (κ3) is 5.33. The second-order valence-electron chi connectivity index (χ2n) is 13.7. The number of hydrogen-bond acceptors (Lipinski definition) is 13. The molecule has 3 aliphatic carbocycles. The van der Waals surface area contributed by atoms with Gasteiger partial charge in [0.1, 0.15) is 18.3 Å². The van der Waals surface area contributed by atoms with E-state index in [9.17, 15) is 34.2 Å². The molecule has 2 N–H and O–H groups in total. The Balaban J connectivity index is 2.24. The molecule has 0 aromatic rings. The van der Waals surface area contributed by atoms with Gasteiger partial charge in [-0.3, -0.25) is 19.2 Å². The van der Waals surface area contributed by atoms with E-state index in [0.29, 0.717) is 5.57 Å². The number of esters is 5. The van der Waals surface area contributed by atoms with E-state index in [1.54, 1.807) is 20.8 Å². The van der Waals surface area contributed by atoms with Crippen LogP contribution in [0.1, 0.15) is 82.1 Å². The largest absolute Gasteiger partial charge is 0.462 e. The maximum atomic E-state index is 13.6. The van der Waals surface area contributed by atoms with Gasteiger partial charge in [0.15, 0.2) is 17.8 Å². The first-order valence-electron chi connectivity index (χ1n) is 15.5. The molecule has 3 fully saturated rings. The summed E-state index contributed by atoms with van der Waals surface area (Å²) in [6.45, 7) is 14.0. The van der Waals surface area contributed by atoms with E-state index in [-0.39, 0.29) is 30.6 Å². The molecule has 13 nitrogen and oxygen atoms in total. The fraction of sp³-hybridized carbons (Fsp3) is 0.727. The monoisotopic (exact) mass is 650 g/mol. The van der Waals surface area contributed by atoms with Crippen molar-refractivity contribution in [2.24, 2.45) is 16.7 Å². The number of carbonyl (C=O) groups excluding carboxylic acids is 5. The lowest BCUT2D eigenvalue weighted by molar-refractivity contribution is -0.353. The molecule has 4 rings (SSSR count). The van der Waals surface area contributed by atoms with Crippen molar-refractivity contribution in [3.63, 3.8) is 0 Å². The van der Waals surface area contributed by atoms with Crippen LogP contribution in [-0.4, -0.2) is 94.5 Å². The first kappa shape index (κ1) is 35.6. The van der Waals surface area contributed by atoms with Gasteiger partial charge in [0.25, 0.3) is 0 Å². The highest BCUT2D eigenvalue weighted by Crippen LogP contribution is 2.68. The lowest BCUT2D eigenvalue weighted by Crippen LogP contribution is -2.79. The molecule has 256 valence electrons. The van der Waals surface area contributed by atoms with Crippen LogP contribution in [0.5, 0.6) is 0 Å². The first-order valence-corrected chi connectivity index (χ1v) is 15.5. The Labute approximate surface area is 268 Å². The summed E-state index contributed by atoms with van der Waals surface area (Å²) in [5, 5.41) is 23.7. The molecule has 0 aromatic carbocycles. The minimum atomic E-state index is -1.82. The van der Waals surface area contributed by atoms with Crippen LogP contribution < -0.4 is 0 Å². The minimum absolute atomic E-state index is 0.0187. The van der Waals surface area contributed by atoms with Crippen LogP contribution in [0.15, 0.2) is 22.8 Å². The van der Waals surface area contributed by atoms with Crippen LogP contribution in [-0.2, 0) is 52.4 Å². The lowest BCUT2D eigenvalue weighted by Gasteiger charge is -2.65. The van der Waals surface area contributed by atoms with Crippen LogP contribution >= 0.6 is 0 Å². The molecule has 0 spiro atoms. The van der Waals surface area contributed by atoms with Crippen molar-refractivity contribution in [2.45, 2.75) is 130 Å². The van der Waals surface area contributed by atoms with Gasteiger partial charge in [-0.25, -0.2) is 4.79 Å². The van der Waals surface area contributed by atoms with Gasteiger partial charge < -0.3 is 38.6 Å². The maximum absolute atomic E-state index is 13.6. The van der Waals surface area contributed by atoms with Gasteiger partial charge in [0.05, 0.1) is 35.1 Å². The predicted molar refractivity (Wildman–Crippen MR) is 158 cm³/mol. The van der Waals surface area contributed by atoms with Crippen LogP contribution in [0.2, 0.25) is 0 Å². The number of aliphatic hydroxyl groups excluding tert-OH is 1. The summed E-state index contributed by atoms with van der Waals surface area (Å²) in [7, 11) is 0. The van der Waals surface area contributed by atoms with Gasteiger partial charge in [0, 0.05) is 39.7 Å². The molecule has 1 aliphatic heterocycles. The zero-order chi connectivity index (χ0) is 34.7. The average Bonchev–Trinajstić information content (AvgIpc) is 3.16. The van der Waals surface area contributed by atoms with Crippen molar-refractivity contribution in [3.05, 3.63) is 22.8 Å². The number of carbonyl (C=O) groups is 5. The molecule has 0 radical (unpaired) electrons. The SMILES string of the molecule is C/C=C(\C)C(=O)OC1C2=C(C)C(O)C[C@]2(C(C)(C)O)C(OC(C)=O)[C@H]2[C@@](C)(C(OC(C)=O)CC3OC[C@]32OC(C)=O)C1OC(C)=O. The third-order valence-electron chi connectivity index (χ3n) is 10.6. The van der Waals surface area contributed by atoms with Crippen molar-refractivity contribution in [2.75, 3.05) is 6.61 Å². The number of allylic oxidation sites excluding steroid dienone is 1. The van der Waals surface area contributed by atoms with Crippen LogP contribution in [0, 0.1) is 16.7 Å². The molecule has 10 atom stereocenters. The summed E-state index contributed by atoms with van der Waals surface area (Å²) in [6, 6.07) is 0. The molecule has 13 heteroatoms. The van der Waals surface area contributed by atoms with E-state index in [1.165, 1.54) is 47.6 Å². The summed E-state index contributed by atoms with van der Waals surface area (Å²) in [4.78, 5) is 65.1. The lowest BCUT2D eigenvalue weighted by atomic mass is 9.49. The Morgan fingerprint density at radius 1 is 0.913 bits per heavy atom. The van der Waals surface area contributed by atoms with Crippen LogP contribution in [0.3, 0.4) is 0 Å². The topological polar surface area (TPSA) is 181 Å². The van der Waals surface area contributed by atoms with E-state index in [2.05, 4.69) is 0 Å². The fourth-order valence-corrected chi connectivity index (χ4v) is 8.54. The van der Waals surface area contributed by atoms with E-state index < -0.39 is 94.4 Å². The van der Waals surface area contributed by atoms with Crippen molar-refractivity contribution in [1.29, 1.82) is 0 Å². The second-order valence-corrected chi connectivity index (χ2v) is 13.7. The van der Waals surface area contributed by atoms with Gasteiger partial charge in [-0.15, -0.1) is 0 Å². The van der Waals surface area contributed by atoms with Crippen molar-refractivity contribution >= 4 is 29.8 Å². The highest BCUT2D eigenvalue weighted by molar-refractivity contribution is 5.88. The summed E-state index contributed by atoms with van der Waals surface area (Å²) < 4.78 is 36.5. The number of rotatable bonds is 7.